The first-order valence-corrected chi connectivity index (χ1v) is 10.3. The fourth-order valence-electron chi connectivity index (χ4n) is 3.66. The van der Waals surface area contributed by atoms with Gasteiger partial charge < -0.3 is 25.0 Å². The van der Waals surface area contributed by atoms with E-state index in [1.54, 1.807) is 7.05 Å². The molecule has 0 spiro atoms. The van der Waals surface area contributed by atoms with Crippen molar-refractivity contribution in [3.63, 3.8) is 0 Å². The molecule has 1 amide bonds. The molecule has 0 bridgehead atoms. The molecule has 164 valence electrons. The molecule has 2 fully saturated rings. The number of carbonyl (C=O) groups excluding carboxylic acids is 1. The van der Waals surface area contributed by atoms with Gasteiger partial charge in [-0.05, 0) is 65.7 Å². The van der Waals surface area contributed by atoms with Crippen molar-refractivity contribution in [1.29, 1.82) is 0 Å². The summed E-state index contributed by atoms with van der Waals surface area (Å²) in [5, 5.41) is 6.76. The van der Waals surface area contributed by atoms with Crippen LogP contribution < -0.4 is 10.6 Å². The molecule has 0 aromatic carbocycles. The smallest absolute Gasteiger partial charge is 0.410 e. The van der Waals surface area contributed by atoms with E-state index < -0.39 is 5.60 Å². The van der Waals surface area contributed by atoms with E-state index in [-0.39, 0.29) is 35.7 Å². The van der Waals surface area contributed by atoms with E-state index in [2.05, 4.69) is 22.5 Å². The third-order valence-corrected chi connectivity index (χ3v) is 5.17. The summed E-state index contributed by atoms with van der Waals surface area (Å²) in [5.41, 5.74) is -0.529. The van der Waals surface area contributed by atoms with E-state index >= 15 is 0 Å². The number of aliphatic imine (C=N–C) groups is 1. The summed E-state index contributed by atoms with van der Waals surface area (Å²) in [4.78, 5) is 18.4. The molecule has 2 N–H and O–H groups in total. The molecule has 2 aliphatic rings. The van der Waals surface area contributed by atoms with E-state index in [1.165, 1.54) is 0 Å². The van der Waals surface area contributed by atoms with Gasteiger partial charge in [-0.1, -0.05) is 0 Å². The first-order chi connectivity index (χ1) is 12.7. The molecule has 2 saturated heterocycles. The van der Waals surface area contributed by atoms with Crippen molar-refractivity contribution in [2.75, 3.05) is 39.8 Å². The average molecular weight is 510 g/mol. The van der Waals surface area contributed by atoms with Gasteiger partial charge in [-0.25, -0.2) is 4.79 Å². The van der Waals surface area contributed by atoms with Crippen LogP contribution in [0.25, 0.3) is 0 Å². The minimum atomic E-state index is -0.441. The molecule has 0 aromatic rings. The molecule has 2 atom stereocenters. The molecule has 0 aromatic heterocycles. The van der Waals surface area contributed by atoms with Gasteiger partial charge in [0.05, 0.1) is 5.60 Å². The maximum absolute atomic E-state index is 12.3. The summed E-state index contributed by atoms with van der Waals surface area (Å²) >= 11 is 0. The molecule has 7 nitrogen and oxygen atoms in total. The van der Waals surface area contributed by atoms with E-state index in [9.17, 15) is 4.79 Å². The topological polar surface area (TPSA) is 75.2 Å². The van der Waals surface area contributed by atoms with E-state index in [0.29, 0.717) is 5.92 Å². The van der Waals surface area contributed by atoms with Crippen molar-refractivity contribution in [2.45, 2.75) is 71.0 Å². The summed E-state index contributed by atoms with van der Waals surface area (Å²) in [7, 11) is 1.79. The van der Waals surface area contributed by atoms with Crippen LogP contribution >= 0.6 is 24.0 Å². The Kier molecular flexibility index (Phi) is 10.3. The average Bonchev–Trinajstić information content (AvgIpc) is 3.03. The highest BCUT2D eigenvalue weighted by atomic mass is 127. The van der Waals surface area contributed by atoms with Crippen LogP contribution in [0, 0.1) is 5.92 Å². The van der Waals surface area contributed by atoms with Gasteiger partial charge in [0.2, 0.25) is 0 Å². The Morgan fingerprint density at radius 3 is 2.68 bits per heavy atom. The first kappa shape index (κ1) is 25.3. The van der Waals surface area contributed by atoms with Crippen molar-refractivity contribution in [3.8, 4) is 0 Å². The zero-order valence-corrected chi connectivity index (χ0v) is 20.5. The van der Waals surface area contributed by atoms with Crippen LogP contribution in [0.1, 0.15) is 59.8 Å². The fraction of sp³-hybridized carbons (Fsp3) is 0.900. The lowest BCUT2D eigenvalue weighted by Gasteiger charge is -2.34. The molecule has 0 aliphatic carbocycles. The van der Waals surface area contributed by atoms with Gasteiger partial charge >= 0.3 is 6.09 Å². The molecule has 8 heteroatoms. The third-order valence-electron chi connectivity index (χ3n) is 5.17. The Balaban J connectivity index is 0.00000392. The molecule has 0 radical (unpaired) electrons. The quantitative estimate of drug-likeness (QED) is 0.337. The Morgan fingerprint density at radius 2 is 2.07 bits per heavy atom. The number of nitrogens with one attached hydrogen (secondary N) is 2. The normalized spacial score (nSPS) is 25.8. The van der Waals surface area contributed by atoms with Crippen LogP contribution in [0.5, 0.6) is 0 Å². The van der Waals surface area contributed by atoms with Gasteiger partial charge in [-0.3, -0.25) is 4.99 Å². The predicted octanol–water partition coefficient (Wildman–Crippen LogP) is 3.38. The number of hydrogen-bond acceptors (Lipinski definition) is 4. The SMILES string of the molecule is CN=C(NCCC1CCCN(C(=O)OC(C)(C)C)C1)NCC1(C)CCCO1.I. The van der Waals surface area contributed by atoms with Crippen LogP contribution in [0.4, 0.5) is 4.79 Å². The number of ether oxygens (including phenoxy) is 2. The molecule has 2 heterocycles. The second-order valence-corrected chi connectivity index (χ2v) is 8.98. The number of piperidine rings is 1. The van der Waals surface area contributed by atoms with Crippen molar-refractivity contribution < 1.29 is 14.3 Å². The van der Waals surface area contributed by atoms with Gasteiger partial charge in [-0.15, -0.1) is 24.0 Å². The van der Waals surface area contributed by atoms with E-state index in [0.717, 1.165) is 70.8 Å². The van der Waals surface area contributed by atoms with Crippen LogP contribution in [0.3, 0.4) is 0 Å². The Hall–Kier alpha value is -0.770. The maximum Gasteiger partial charge on any atom is 0.410 e. The molecule has 28 heavy (non-hydrogen) atoms. The van der Waals surface area contributed by atoms with Gasteiger partial charge in [0, 0.05) is 39.8 Å². The van der Waals surface area contributed by atoms with E-state index in [4.69, 9.17) is 9.47 Å². The Bertz CT molecular complexity index is 516. The number of amides is 1. The predicted molar refractivity (Wildman–Crippen MR) is 124 cm³/mol. The summed E-state index contributed by atoms with van der Waals surface area (Å²) in [6.45, 7) is 11.9. The zero-order valence-electron chi connectivity index (χ0n) is 18.2. The third kappa shape index (κ3) is 8.71. The number of nitrogens with zero attached hydrogens (tertiary/aromatic N) is 2. The van der Waals surface area contributed by atoms with Crippen LogP contribution in [-0.4, -0.2) is 68.0 Å². The molecule has 2 aliphatic heterocycles. The number of hydrogen-bond donors (Lipinski definition) is 2. The molecular weight excluding hydrogens is 471 g/mol. The number of likely N-dealkylation sites (tertiary alicyclic amines) is 1. The van der Waals surface area contributed by atoms with Crippen molar-refractivity contribution in [2.24, 2.45) is 10.9 Å². The van der Waals surface area contributed by atoms with E-state index in [1.807, 2.05) is 25.7 Å². The lowest BCUT2D eigenvalue weighted by atomic mass is 9.95. The number of halogens is 1. The molecule has 0 saturated carbocycles. The maximum atomic E-state index is 12.3. The minimum absolute atomic E-state index is 0. The first-order valence-electron chi connectivity index (χ1n) is 10.3. The number of rotatable bonds is 5. The lowest BCUT2D eigenvalue weighted by Crippen LogP contribution is -2.46. The molecule has 2 rings (SSSR count). The van der Waals surface area contributed by atoms with Crippen molar-refractivity contribution >= 4 is 36.0 Å². The monoisotopic (exact) mass is 510 g/mol. The zero-order chi connectivity index (χ0) is 19.9. The highest BCUT2D eigenvalue weighted by Gasteiger charge is 2.30. The fourth-order valence-corrected chi connectivity index (χ4v) is 3.66. The van der Waals surface area contributed by atoms with Gasteiger partial charge in [0.15, 0.2) is 5.96 Å². The standard InChI is InChI=1S/C20H38N4O3.HI/c1-19(2,3)27-18(25)24-12-6-8-16(14-24)9-11-22-17(21-5)23-15-20(4)10-7-13-26-20;/h16H,6-15H2,1-5H3,(H2,21,22,23);1H. The van der Waals surface area contributed by atoms with Crippen LogP contribution in [0.15, 0.2) is 4.99 Å². The molecular formula is C20H39IN4O3. The Morgan fingerprint density at radius 1 is 1.32 bits per heavy atom. The van der Waals surface area contributed by atoms with Crippen molar-refractivity contribution in [3.05, 3.63) is 0 Å². The number of carbonyl (C=O) groups is 1. The second kappa shape index (κ2) is 11.4. The highest BCUT2D eigenvalue weighted by Crippen LogP contribution is 2.24. The van der Waals surface area contributed by atoms with Gasteiger partial charge in [0.1, 0.15) is 5.60 Å². The molecule has 2 unspecified atom stereocenters. The van der Waals surface area contributed by atoms with Crippen LogP contribution in [-0.2, 0) is 9.47 Å². The van der Waals surface area contributed by atoms with Crippen molar-refractivity contribution in [1.82, 2.24) is 15.5 Å². The summed E-state index contributed by atoms with van der Waals surface area (Å²) in [5.74, 6) is 1.30. The van der Waals surface area contributed by atoms with Gasteiger partial charge in [0.25, 0.3) is 0 Å². The summed E-state index contributed by atoms with van der Waals surface area (Å²) in [6.07, 6.45) is 5.21. The summed E-state index contributed by atoms with van der Waals surface area (Å²) < 4.78 is 11.3. The Labute approximate surface area is 187 Å². The highest BCUT2D eigenvalue weighted by molar-refractivity contribution is 14.0. The largest absolute Gasteiger partial charge is 0.444 e. The second-order valence-electron chi connectivity index (χ2n) is 8.98. The summed E-state index contributed by atoms with van der Waals surface area (Å²) in [6, 6.07) is 0. The van der Waals surface area contributed by atoms with Gasteiger partial charge in [-0.2, -0.15) is 0 Å². The number of guanidine groups is 1. The minimum Gasteiger partial charge on any atom is -0.444 e. The lowest BCUT2D eigenvalue weighted by molar-refractivity contribution is 0.0162. The van der Waals surface area contributed by atoms with Crippen LogP contribution in [0.2, 0.25) is 0 Å².